The van der Waals surface area contributed by atoms with Gasteiger partial charge in [-0.1, -0.05) is 0 Å². The highest BCUT2D eigenvalue weighted by molar-refractivity contribution is 14.1. The molecule has 0 aliphatic carbocycles. The standard InChI is InChI=1S/C8H6BrIO2/c1-12-8(11)5-2-3-6(9)7(10)4-5/h2-4H,1H3. The van der Waals surface area contributed by atoms with Crippen molar-refractivity contribution in [3.63, 3.8) is 0 Å². The van der Waals surface area contributed by atoms with Crippen LogP contribution in [0.25, 0.3) is 0 Å². The molecule has 12 heavy (non-hydrogen) atoms. The molecule has 1 aromatic rings. The molecule has 0 amide bonds. The largest absolute Gasteiger partial charge is 0.465 e. The fourth-order valence-corrected chi connectivity index (χ4v) is 1.50. The second-order valence-electron chi connectivity index (χ2n) is 2.12. The Balaban J connectivity index is 3.05. The van der Waals surface area contributed by atoms with E-state index in [1.54, 1.807) is 12.1 Å². The van der Waals surface area contributed by atoms with Crippen LogP contribution in [0.1, 0.15) is 10.4 Å². The Morgan fingerprint density at radius 3 is 2.75 bits per heavy atom. The summed E-state index contributed by atoms with van der Waals surface area (Å²) in [6.07, 6.45) is 0. The van der Waals surface area contributed by atoms with Crippen molar-refractivity contribution in [1.29, 1.82) is 0 Å². The molecule has 64 valence electrons. The van der Waals surface area contributed by atoms with Crippen LogP contribution in [0.15, 0.2) is 22.7 Å². The molecular formula is C8H6BrIO2. The van der Waals surface area contributed by atoms with Gasteiger partial charge in [-0.3, -0.25) is 0 Å². The highest BCUT2D eigenvalue weighted by Crippen LogP contribution is 2.20. The Kier molecular flexibility index (Phi) is 3.52. The van der Waals surface area contributed by atoms with Gasteiger partial charge in [-0.2, -0.15) is 0 Å². The molecule has 0 saturated heterocycles. The van der Waals surface area contributed by atoms with Gasteiger partial charge < -0.3 is 4.74 Å². The van der Waals surface area contributed by atoms with Gasteiger partial charge in [-0.15, -0.1) is 0 Å². The Hall–Kier alpha value is -0.100. The fraction of sp³-hybridized carbons (Fsp3) is 0.125. The molecule has 4 heteroatoms. The summed E-state index contributed by atoms with van der Waals surface area (Å²) >= 11 is 5.49. The molecule has 0 spiro atoms. The zero-order chi connectivity index (χ0) is 9.14. The third kappa shape index (κ3) is 2.20. The van der Waals surface area contributed by atoms with Gasteiger partial charge in [-0.05, 0) is 56.7 Å². The first-order valence-corrected chi connectivity index (χ1v) is 5.05. The summed E-state index contributed by atoms with van der Waals surface area (Å²) in [5, 5.41) is 0. The first-order valence-electron chi connectivity index (χ1n) is 3.18. The minimum atomic E-state index is -0.305. The van der Waals surface area contributed by atoms with E-state index < -0.39 is 0 Å². The second-order valence-corrected chi connectivity index (χ2v) is 4.14. The molecule has 0 aliphatic heterocycles. The number of rotatable bonds is 1. The highest BCUT2D eigenvalue weighted by Gasteiger charge is 2.06. The molecule has 0 atom stereocenters. The maximum Gasteiger partial charge on any atom is 0.337 e. The molecule has 0 saturated carbocycles. The Labute approximate surface area is 92.6 Å². The van der Waals surface area contributed by atoms with Gasteiger partial charge >= 0.3 is 5.97 Å². The monoisotopic (exact) mass is 340 g/mol. The van der Waals surface area contributed by atoms with Crippen LogP contribution in [-0.2, 0) is 4.74 Å². The number of carbonyl (C=O) groups is 1. The highest BCUT2D eigenvalue weighted by atomic mass is 127. The van der Waals surface area contributed by atoms with Crippen LogP contribution >= 0.6 is 38.5 Å². The van der Waals surface area contributed by atoms with Crippen molar-refractivity contribution >= 4 is 44.5 Å². The minimum absolute atomic E-state index is 0.305. The lowest BCUT2D eigenvalue weighted by Gasteiger charge is -2.00. The van der Waals surface area contributed by atoms with E-state index in [0.717, 1.165) is 8.04 Å². The van der Waals surface area contributed by atoms with E-state index in [9.17, 15) is 4.79 Å². The molecule has 2 nitrogen and oxygen atoms in total. The first-order chi connectivity index (χ1) is 5.65. The number of methoxy groups -OCH3 is 1. The van der Waals surface area contributed by atoms with Crippen LogP contribution < -0.4 is 0 Å². The summed E-state index contributed by atoms with van der Waals surface area (Å²) in [5.74, 6) is -0.305. The van der Waals surface area contributed by atoms with Gasteiger partial charge in [0.15, 0.2) is 0 Å². The van der Waals surface area contributed by atoms with Crippen LogP contribution in [0.3, 0.4) is 0 Å². The number of carbonyl (C=O) groups excluding carboxylic acids is 1. The van der Waals surface area contributed by atoms with Crippen LogP contribution in [0.4, 0.5) is 0 Å². The van der Waals surface area contributed by atoms with E-state index in [2.05, 4.69) is 43.3 Å². The quantitative estimate of drug-likeness (QED) is 0.580. The van der Waals surface area contributed by atoms with Crippen molar-refractivity contribution in [3.05, 3.63) is 31.8 Å². The van der Waals surface area contributed by atoms with Crippen molar-refractivity contribution in [3.8, 4) is 0 Å². The van der Waals surface area contributed by atoms with Gasteiger partial charge in [-0.25, -0.2) is 4.79 Å². The summed E-state index contributed by atoms with van der Waals surface area (Å²) in [5.41, 5.74) is 0.574. The average Bonchev–Trinajstić information content (AvgIpc) is 2.08. The van der Waals surface area contributed by atoms with Gasteiger partial charge in [0.2, 0.25) is 0 Å². The fourth-order valence-electron chi connectivity index (χ4n) is 0.741. The Bertz CT molecular complexity index is 312. The van der Waals surface area contributed by atoms with Crippen LogP contribution in [0, 0.1) is 3.57 Å². The molecule has 0 unspecified atom stereocenters. The molecular weight excluding hydrogens is 335 g/mol. The average molecular weight is 341 g/mol. The summed E-state index contributed by atoms with van der Waals surface area (Å²) in [6, 6.07) is 5.32. The molecule has 0 heterocycles. The summed E-state index contributed by atoms with van der Waals surface area (Å²) in [4.78, 5) is 11.0. The van der Waals surface area contributed by atoms with Gasteiger partial charge in [0.25, 0.3) is 0 Å². The number of hydrogen-bond donors (Lipinski definition) is 0. The summed E-state index contributed by atoms with van der Waals surface area (Å²) in [6.45, 7) is 0. The Morgan fingerprint density at radius 2 is 2.25 bits per heavy atom. The van der Waals surface area contributed by atoms with Gasteiger partial charge in [0, 0.05) is 8.04 Å². The maximum atomic E-state index is 11.0. The van der Waals surface area contributed by atoms with Gasteiger partial charge in [0.1, 0.15) is 0 Å². The third-order valence-corrected chi connectivity index (χ3v) is 3.67. The number of hydrogen-bond acceptors (Lipinski definition) is 2. The predicted molar refractivity (Wildman–Crippen MR) is 58.2 cm³/mol. The first kappa shape index (κ1) is 9.98. The smallest absolute Gasteiger partial charge is 0.337 e. The van der Waals surface area contributed by atoms with Gasteiger partial charge in [0.05, 0.1) is 12.7 Å². The zero-order valence-electron chi connectivity index (χ0n) is 6.30. The predicted octanol–water partition coefficient (Wildman–Crippen LogP) is 2.84. The molecule has 1 rings (SSSR count). The van der Waals surface area contributed by atoms with Crippen molar-refractivity contribution in [1.82, 2.24) is 0 Å². The SMILES string of the molecule is COC(=O)c1ccc(Br)c(I)c1. The second kappa shape index (κ2) is 4.23. The minimum Gasteiger partial charge on any atom is -0.465 e. The number of esters is 1. The van der Waals surface area contributed by atoms with Crippen molar-refractivity contribution in [2.24, 2.45) is 0 Å². The molecule has 0 bridgehead atoms. The van der Waals surface area contributed by atoms with E-state index in [4.69, 9.17) is 0 Å². The van der Waals surface area contributed by atoms with Crippen LogP contribution in [0.5, 0.6) is 0 Å². The lowest BCUT2D eigenvalue weighted by molar-refractivity contribution is 0.0600. The molecule has 0 N–H and O–H groups in total. The lowest BCUT2D eigenvalue weighted by Crippen LogP contribution is -2.00. The van der Waals surface area contributed by atoms with Crippen molar-refractivity contribution in [2.75, 3.05) is 7.11 Å². The zero-order valence-corrected chi connectivity index (χ0v) is 10.0. The van der Waals surface area contributed by atoms with E-state index in [0.29, 0.717) is 5.56 Å². The van der Waals surface area contributed by atoms with E-state index in [1.807, 2.05) is 6.07 Å². The molecule has 1 aromatic carbocycles. The van der Waals surface area contributed by atoms with E-state index >= 15 is 0 Å². The maximum absolute atomic E-state index is 11.0. The summed E-state index contributed by atoms with van der Waals surface area (Å²) < 4.78 is 6.55. The number of ether oxygens (including phenoxy) is 1. The normalized spacial score (nSPS) is 9.58. The van der Waals surface area contributed by atoms with E-state index in [-0.39, 0.29) is 5.97 Å². The molecule has 0 fully saturated rings. The molecule has 0 radical (unpaired) electrons. The van der Waals surface area contributed by atoms with Crippen molar-refractivity contribution in [2.45, 2.75) is 0 Å². The lowest BCUT2D eigenvalue weighted by atomic mass is 10.2. The van der Waals surface area contributed by atoms with Crippen molar-refractivity contribution < 1.29 is 9.53 Å². The molecule has 0 aromatic heterocycles. The van der Waals surface area contributed by atoms with Crippen LogP contribution in [-0.4, -0.2) is 13.1 Å². The van der Waals surface area contributed by atoms with E-state index in [1.165, 1.54) is 7.11 Å². The number of benzene rings is 1. The Morgan fingerprint density at radius 1 is 1.58 bits per heavy atom. The topological polar surface area (TPSA) is 26.3 Å². The summed E-state index contributed by atoms with van der Waals surface area (Å²) in [7, 11) is 1.37. The third-order valence-electron chi connectivity index (χ3n) is 1.34. The molecule has 0 aliphatic rings. The number of halogens is 2. The van der Waals surface area contributed by atoms with Crippen LogP contribution in [0.2, 0.25) is 0 Å².